The highest BCUT2D eigenvalue weighted by Crippen LogP contribution is 2.38. The van der Waals surface area contributed by atoms with Crippen molar-refractivity contribution < 1.29 is 14.3 Å². The van der Waals surface area contributed by atoms with E-state index in [4.69, 9.17) is 9.47 Å². The molecule has 1 rings (SSSR count). The lowest BCUT2D eigenvalue weighted by Crippen LogP contribution is -2.13. The summed E-state index contributed by atoms with van der Waals surface area (Å²) in [5, 5.41) is 0. The van der Waals surface area contributed by atoms with E-state index in [1.54, 1.807) is 0 Å². The molecule has 0 saturated carbocycles. The van der Waals surface area contributed by atoms with Crippen LogP contribution in [0.15, 0.2) is 0 Å². The van der Waals surface area contributed by atoms with Crippen LogP contribution in [-0.2, 0) is 14.3 Å². The number of hydrogen-bond donors (Lipinski definition) is 0. The summed E-state index contributed by atoms with van der Waals surface area (Å²) in [6.45, 7) is 6.42. The second-order valence-electron chi connectivity index (χ2n) is 3.49. The molecular formula is C8H14O3. The number of rotatable bonds is 4. The van der Waals surface area contributed by atoms with Gasteiger partial charge >= 0.3 is 0 Å². The summed E-state index contributed by atoms with van der Waals surface area (Å²) in [5.74, 6) is 0. The first-order valence-corrected chi connectivity index (χ1v) is 3.83. The number of ether oxygens (including phenoxy) is 2. The lowest BCUT2D eigenvalue weighted by molar-refractivity contribution is -0.133. The van der Waals surface area contributed by atoms with Crippen LogP contribution in [0.4, 0.5) is 0 Å². The molecule has 2 unspecified atom stereocenters. The minimum Gasteiger partial charge on any atom is -0.465 e. The van der Waals surface area contributed by atoms with Gasteiger partial charge in [-0.15, -0.1) is 0 Å². The van der Waals surface area contributed by atoms with Crippen molar-refractivity contribution in [2.45, 2.75) is 45.0 Å². The van der Waals surface area contributed by atoms with Crippen LogP contribution in [0, 0.1) is 0 Å². The van der Waals surface area contributed by atoms with Crippen LogP contribution in [0.5, 0.6) is 0 Å². The fraction of sp³-hybridized carbons (Fsp3) is 0.875. The molecule has 64 valence electrons. The summed E-state index contributed by atoms with van der Waals surface area (Å²) in [4.78, 5) is 9.92. The normalized spacial score (nSPS) is 29.2. The van der Waals surface area contributed by atoms with Gasteiger partial charge in [-0.3, -0.25) is 4.79 Å². The van der Waals surface area contributed by atoms with E-state index in [-0.39, 0.29) is 17.8 Å². The molecule has 3 heteroatoms. The Labute approximate surface area is 66.7 Å². The van der Waals surface area contributed by atoms with Gasteiger partial charge in [0.15, 0.2) is 0 Å². The van der Waals surface area contributed by atoms with E-state index < -0.39 is 0 Å². The lowest BCUT2D eigenvalue weighted by atomic mass is 10.1. The summed E-state index contributed by atoms with van der Waals surface area (Å²) in [5.41, 5.74) is 0.000500. The molecule has 0 radical (unpaired) electrons. The highest BCUT2D eigenvalue weighted by atomic mass is 16.6. The van der Waals surface area contributed by atoms with Gasteiger partial charge in [0, 0.05) is 6.42 Å². The smallest absolute Gasteiger partial charge is 0.293 e. The zero-order valence-corrected chi connectivity index (χ0v) is 7.16. The average Bonchev–Trinajstić information content (AvgIpc) is 2.39. The van der Waals surface area contributed by atoms with E-state index in [1.807, 2.05) is 20.8 Å². The van der Waals surface area contributed by atoms with E-state index in [0.717, 1.165) is 6.42 Å². The van der Waals surface area contributed by atoms with Crippen molar-refractivity contribution in [1.82, 2.24) is 0 Å². The highest BCUT2D eigenvalue weighted by molar-refractivity contribution is 5.37. The van der Waals surface area contributed by atoms with Crippen molar-refractivity contribution in [2.24, 2.45) is 0 Å². The third-order valence-electron chi connectivity index (χ3n) is 2.00. The van der Waals surface area contributed by atoms with Crippen LogP contribution in [0.2, 0.25) is 0 Å². The Hall–Kier alpha value is -0.570. The van der Waals surface area contributed by atoms with Crippen LogP contribution in [0.1, 0.15) is 27.2 Å². The number of carbonyl (C=O) groups excluding carboxylic acids is 1. The van der Waals surface area contributed by atoms with Crippen molar-refractivity contribution in [3.63, 3.8) is 0 Å². The molecule has 0 amide bonds. The SMILES string of the molecule is CC(CC1OC1(C)C)OC=O. The van der Waals surface area contributed by atoms with Gasteiger partial charge in [-0.1, -0.05) is 0 Å². The molecule has 3 nitrogen and oxygen atoms in total. The lowest BCUT2D eigenvalue weighted by Gasteiger charge is -2.06. The first-order valence-electron chi connectivity index (χ1n) is 3.83. The molecule has 1 aliphatic heterocycles. The molecule has 1 heterocycles. The summed E-state index contributed by atoms with van der Waals surface area (Å²) >= 11 is 0. The van der Waals surface area contributed by atoms with Crippen LogP contribution in [-0.4, -0.2) is 24.3 Å². The van der Waals surface area contributed by atoms with Gasteiger partial charge in [0.2, 0.25) is 0 Å². The molecule has 0 aliphatic carbocycles. The summed E-state index contributed by atoms with van der Waals surface area (Å²) in [6.07, 6.45) is 1.03. The van der Waals surface area contributed by atoms with Gasteiger partial charge < -0.3 is 9.47 Å². The summed E-state index contributed by atoms with van der Waals surface area (Å²) in [6, 6.07) is 0. The molecule has 0 spiro atoms. The Morgan fingerprint density at radius 2 is 2.27 bits per heavy atom. The van der Waals surface area contributed by atoms with Crippen LogP contribution < -0.4 is 0 Å². The van der Waals surface area contributed by atoms with E-state index in [2.05, 4.69) is 0 Å². The van der Waals surface area contributed by atoms with E-state index in [0.29, 0.717) is 6.47 Å². The van der Waals surface area contributed by atoms with Crippen LogP contribution >= 0.6 is 0 Å². The first kappa shape index (κ1) is 8.53. The molecule has 0 aromatic heterocycles. The predicted octanol–water partition coefficient (Wildman–Crippen LogP) is 1.12. The molecule has 0 aromatic rings. The zero-order chi connectivity index (χ0) is 8.48. The largest absolute Gasteiger partial charge is 0.465 e. The van der Waals surface area contributed by atoms with Crippen molar-refractivity contribution in [3.8, 4) is 0 Å². The quantitative estimate of drug-likeness (QED) is 0.454. The van der Waals surface area contributed by atoms with E-state index in [9.17, 15) is 4.79 Å². The highest BCUT2D eigenvalue weighted by Gasteiger charge is 2.48. The van der Waals surface area contributed by atoms with Crippen molar-refractivity contribution in [3.05, 3.63) is 0 Å². The molecule has 1 fully saturated rings. The number of carbonyl (C=O) groups is 1. The number of epoxide rings is 1. The second kappa shape index (κ2) is 2.81. The second-order valence-corrected chi connectivity index (χ2v) is 3.49. The fourth-order valence-electron chi connectivity index (χ4n) is 1.12. The molecular weight excluding hydrogens is 144 g/mol. The van der Waals surface area contributed by atoms with E-state index >= 15 is 0 Å². The van der Waals surface area contributed by atoms with Gasteiger partial charge in [-0.05, 0) is 20.8 Å². The zero-order valence-electron chi connectivity index (χ0n) is 7.16. The topological polar surface area (TPSA) is 38.8 Å². The molecule has 1 saturated heterocycles. The maximum Gasteiger partial charge on any atom is 0.293 e. The Kier molecular flexibility index (Phi) is 2.18. The summed E-state index contributed by atoms with van der Waals surface area (Å²) < 4.78 is 10.1. The Morgan fingerprint density at radius 1 is 1.73 bits per heavy atom. The molecule has 0 bridgehead atoms. The monoisotopic (exact) mass is 158 g/mol. The van der Waals surface area contributed by atoms with Crippen LogP contribution in [0.3, 0.4) is 0 Å². The molecule has 0 aromatic carbocycles. The van der Waals surface area contributed by atoms with Gasteiger partial charge in [-0.2, -0.15) is 0 Å². The molecule has 2 atom stereocenters. The predicted molar refractivity (Wildman–Crippen MR) is 40.2 cm³/mol. The maximum atomic E-state index is 9.92. The van der Waals surface area contributed by atoms with Crippen LogP contribution in [0.25, 0.3) is 0 Å². The molecule has 1 aliphatic rings. The third-order valence-corrected chi connectivity index (χ3v) is 2.00. The fourth-order valence-corrected chi connectivity index (χ4v) is 1.12. The third kappa shape index (κ3) is 2.19. The minimum absolute atomic E-state index is 0.000500. The first-order chi connectivity index (χ1) is 5.06. The van der Waals surface area contributed by atoms with E-state index in [1.165, 1.54) is 0 Å². The maximum absolute atomic E-state index is 9.92. The Balaban J connectivity index is 2.17. The van der Waals surface area contributed by atoms with Gasteiger partial charge in [0.05, 0.1) is 11.7 Å². The van der Waals surface area contributed by atoms with Crippen molar-refractivity contribution in [2.75, 3.05) is 0 Å². The average molecular weight is 158 g/mol. The summed E-state index contributed by atoms with van der Waals surface area (Å²) in [7, 11) is 0. The number of hydrogen-bond acceptors (Lipinski definition) is 3. The van der Waals surface area contributed by atoms with Gasteiger partial charge in [-0.25, -0.2) is 0 Å². The Bertz CT molecular complexity index is 153. The standard InChI is InChI=1S/C8H14O3/c1-6(10-5-9)4-7-8(2,3)11-7/h5-7H,4H2,1-3H3. The molecule has 11 heavy (non-hydrogen) atoms. The van der Waals surface area contributed by atoms with Crippen molar-refractivity contribution >= 4 is 6.47 Å². The molecule has 0 N–H and O–H groups in total. The Morgan fingerprint density at radius 3 is 2.64 bits per heavy atom. The van der Waals surface area contributed by atoms with Gasteiger partial charge in [0.25, 0.3) is 6.47 Å². The van der Waals surface area contributed by atoms with Crippen molar-refractivity contribution in [1.29, 1.82) is 0 Å². The minimum atomic E-state index is -0.0284. The van der Waals surface area contributed by atoms with Gasteiger partial charge in [0.1, 0.15) is 6.10 Å².